The Hall–Kier alpha value is -7.04. The molecule has 2 aliphatic rings. The van der Waals surface area contributed by atoms with Crippen LogP contribution in [0.25, 0.3) is 66.3 Å². The molecule has 57 heavy (non-hydrogen) atoms. The van der Waals surface area contributed by atoms with Crippen molar-refractivity contribution in [3.05, 3.63) is 204 Å². The van der Waals surface area contributed by atoms with E-state index in [-0.39, 0.29) is 0 Å². The number of benzene rings is 6. The van der Waals surface area contributed by atoms with Crippen molar-refractivity contribution >= 4 is 72.1 Å². The molecule has 0 saturated heterocycles. The smallest absolute Gasteiger partial charge is 0.160 e. The molecule has 274 valence electrons. The first-order valence-electron chi connectivity index (χ1n) is 19.8. The first kappa shape index (κ1) is 34.5. The highest BCUT2D eigenvalue weighted by molar-refractivity contribution is 6.17. The number of amidine groups is 1. The van der Waals surface area contributed by atoms with Crippen LogP contribution in [0.5, 0.6) is 0 Å². The summed E-state index contributed by atoms with van der Waals surface area (Å²) in [4.78, 5) is 10.3. The van der Waals surface area contributed by atoms with Crippen LogP contribution in [-0.2, 0) is 0 Å². The van der Waals surface area contributed by atoms with Crippen molar-refractivity contribution in [3.8, 4) is 5.69 Å². The van der Waals surface area contributed by atoms with Crippen molar-refractivity contribution in [1.29, 1.82) is 0 Å². The summed E-state index contributed by atoms with van der Waals surface area (Å²) >= 11 is 0. The molecule has 0 atom stereocenters. The van der Waals surface area contributed by atoms with E-state index in [1.165, 1.54) is 33.0 Å². The van der Waals surface area contributed by atoms with Gasteiger partial charge in [-0.25, -0.2) is 9.98 Å². The molecule has 4 nitrogen and oxygen atoms in total. The molecule has 2 aliphatic carbocycles. The minimum absolute atomic E-state index is 0.576. The fraction of sp³-hybridized carbons (Fsp3) is 0.0943. The third-order valence-corrected chi connectivity index (χ3v) is 11.2. The van der Waals surface area contributed by atoms with E-state index in [0.29, 0.717) is 11.5 Å². The normalized spacial score (nSPS) is 14.8. The third-order valence-electron chi connectivity index (χ3n) is 11.2. The highest BCUT2D eigenvalue weighted by Crippen LogP contribution is 2.41. The molecule has 10 rings (SSSR count). The van der Waals surface area contributed by atoms with Crippen LogP contribution in [0.3, 0.4) is 0 Å². The first-order valence-corrected chi connectivity index (χ1v) is 19.8. The Balaban J connectivity index is 1.12. The van der Waals surface area contributed by atoms with Crippen molar-refractivity contribution in [2.24, 2.45) is 9.98 Å². The van der Waals surface area contributed by atoms with Crippen LogP contribution in [0, 0.1) is 0 Å². The number of para-hydroxylation sites is 2. The summed E-state index contributed by atoms with van der Waals surface area (Å²) in [6, 6.07) is 46.8. The van der Waals surface area contributed by atoms with Crippen molar-refractivity contribution in [2.45, 2.75) is 32.6 Å². The second kappa shape index (κ2) is 14.6. The van der Waals surface area contributed by atoms with Crippen LogP contribution in [0.1, 0.15) is 60.4 Å². The van der Waals surface area contributed by atoms with Crippen LogP contribution in [-0.4, -0.2) is 16.1 Å². The summed E-state index contributed by atoms with van der Waals surface area (Å²) < 4.78 is 9.29. The molecule has 0 amide bonds. The second-order valence-corrected chi connectivity index (χ2v) is 14.8. The lowest BCUT2D eigenvalue weighted by Crippen LogP contribution is -2.05. The summed E-state index contributed by atoms with van der Waals surface area (Å²) in [6.07, 6.45) is 18.0. The maximum Gasteiger partial charge on any atom is 0.160 e. The fourth-order valence-electron chi connectivity index (χ4n) is 8.38. The number of hydrogen-bond acceptors (Lipinski definition) is 2. The van der Waals surface area contributed by atoms with Gasteiger partial charge in [0.25, 0.3) is 0 Å². The molecule has 0 fully saturated rings. The summed E-state index contributed by atoms with van der Waals surface area (Å²) in [7, 11) is 0. The van der Waals surface area contributed by atoms with Gasteiger partial charge in [-0.05, 0) is 102 Å². The first-order chi connectivity index (χ1) is 28.1. The highest BCUT2D eigenvalue weighted by atomic mass is 16.3. The SMILES string of the molecule is C=C(N=C(N=C(C)c1cccc(C2=CCCC=C2)c1)c1ccc2c(c1)oc1c(-n3c4ccccc4c4c(C5=CCCC=C5)cccc43)cccc12)c1ccccc1. The van der Waals surface area contributed by atoms with E-state index in [4.69, 9.17) is 14.4 Å². The molecular formula is C53H41N3O. The van der Waals surface area contributed by atoms with Crippen LogP contribution >= 0.6 is 0 Å². The topological polar surface area (TPSA) is 42.8 Å². The van der Waals surface area contributed by atoms with Gasteiger partial charge in [-0.1, -0.05) is 140 Å². The Morgan fingerprint density at radius 3 is 2.14 bits per heavy atom. The summed E-state index contributed by atoms with van der Waals surface area (Å²) in [5.41, 5.74) is 14.2. The quantitative estimate of drug-likeness (QED) is 0.119. The van der Waals surface area contributed by atoms with Gasteiger partial charge in [-0.2, -0.15) is 0 Å². The van der Waals surface area contributed by atoms with Gasteiger partial charge >= 0.3 is 0 Å². The molecule has 0 bridgehead atoms. The van der Waals surface area contributed by atoms with E-state index >= 15 is 0 Å². The van der Waals surface area contributed by atoms with Crippen LogP contribution in [0.2, 0.25) is 0 Å². The fourth-order valence-corrected chi connectivity index (χ4v) is 8.38. The summed E-state index contributed by atoms with van der Waals surface area (Å²) in [6.45, 7) is 6.41. The second-order valence-electron chi connectivity index (χ2n) is 14.8. The van der Waals surface area contributed by atoms with Crippen molar-refractivity contribution in [2.75, 3.05) is 0 Å². The summed E-state index contributed by atoms with van der Waals surface area (Å²) in [5.74, 6) is 0.576. The zero-order valence-corrected chi connectivity index (χ0v) is 32.0. The Morgan fingerprint density at radius 1 is 0.596 bits per heavy atom. The lowest BCUT2D eigenvalue weighted by Gasteiger charge is -2.11. The zero-order valence-electron chi connectivity index (χ0n) is 32.0. The molecular weight excluding hydrogens is 695 g/mol. The number of aromatic nitrogens is 1. The van der Waals surface area contributed by atoms with Crippen molar-refractivity contribution in [1.82, 2.24) is 4.57 Å². The van der Waals surface area contributed by atoms with Gasteiger partial charge in [-0.15, -0.1) is 0 Å². The van der Waals surface area contributed by atoms with Gasteiger partial charge in [0.1, 0.15) is 5.58 Å². The maximum atomic E-state index is 6.92. The Morgan fingerprint density at radius 2 is 1.32 bits per heavy atom. The third kappa shape index (κ3) is 6.30. The number of rotatable bonds is 7. The zero-order chi connectivity index (χ0) is 38.3. The lowest BCUT2D eigenvalue weighted by atomic mass is 9.95. The van der Waals surface area contributed by atoms with E-state index < -0.39 is 0 Å². The van der Waals surface area contributed by atoms with Gasteiger partial charge in [-0.3, -0.25) is 0 Å². The lowest BCUT2D eigenvalue weighted by molar-refractivity contribution is 0.666. The Bertz CT molecular complexity index is 3090. The van der Waals surface area contributed by atoms with Crippen molar-refractivity contribution < 1.29 is 4.42 Å². The van der Waals surface area contributed by atoms with Crippen LogP contribution in [0.4, 0.5) is 0 Å². The number of fused-ring (bicyclic) bond motifs is 6. The number of hydrogen-bond donors (Lipinski definition) is 0. The van der Waals surface area contributed by atoms with Gasteiger partial charge in [0.05, 0.1) is 22.4 Å². The molecule has 0 unspecified atom stereocenters. The van der Waals surface area contributed by atoms with Crippen molar-refractivity contribution in [3.63, 3.8) is 0 Å². The number of allylic oxidation sites excluding steroid dienone is 8. The summed E-state index contributed by atoms with van der Waals surface area (Å²) in [5, 5.41) is 4.58. The molecule has 6 aromatic carbocycles. The molecule has 0 saturated carbocycles. The van der Waals surface area contributed by atoms with Gasteiger partial charge in [0.15, 0.2) is 11.4 Å². The van der Waals surface area contributed by atoms with E-state index in [1.807, 2.05) is 30.3 Å². The molecule has 4 heteroatoms. The Labute approximate surface area is 332 Å². The predicted octanol–water partition coefficient (Wildman–Crippen LogP) is 14.1. The highest BCUT2D eigenvalue weighted by Gasteiger charge is 2.21. The number of aliphatic imine (C=N–C) groups is 2. The molecule has 2 aromatic heterocycles. The monoisotopic (exact) mass is 735 g/mol. The molecule has 8 aromatic rings. The van der Waals surface area contributed by atoms with Gasteiger partial charge in [0.2, 0.25) is 0 Å². The van der Waals surface area contributed by atoms with Gasteiger partial charge < -0.3 is 8.98 Å². The molecule has 0 spiro atoms. The molecule has 0 N–H and O–H groups in total. The maximum absolute atomic E-state index is 6.92. The number of furan rings is 1. The standard InChI is InChI=1S/C53H41N3O/c1-35(37-17-6-3-7-18-37)54-53(55-36(2)40-23-14-24-41(33-40)38-19-8-4-9-20-38)42-31-32-44-45-27-16-30-49(52(45)57-50(44)34-42)56-47-28-13-12-25-46(47)51-43(26-15-29-48(51)56)39-21-10-5-11-22-39/h3,6-8,10,12-34H,1,4-5,9,11H2,2H3. The minimum atomic E-state index is 0.576. The largest absolute Gasteiger partial charge is 0.454 e. The average molecular weight is 736 g/mol. The molecule has 2 heterocycles. The Kier molecular flexibility index (Phi) is 8.80. The van der Waals surface area contributed by atoms with E-state index in [0.717, 1.165) is 86.7 Å². The van der Waals surface area contributed by atoms with E-state index in [9.17, 15) is 0 Å². The van der Waals surface area contributed by atoms with Crippen LogP contribution < -0.4 is 0 Å². The predicted molar refractivity (Wildman–Crippen MR) is 241 cm³/mol. The average Bonchev–Trinajstić information content (AvgIpc) is 3.83. The van der Waals surface area contributed by atoms with Gasteiger partial charge in [0, 0.05) is 32.8 Å². The minimum Gasteiger partial charge on any atom is -0.454 e. The van der Waals surface area contributed by atoms with E-state index in [1.54, 1.807) is 0 Å². The van der Waals surface area contributed by atoms with Crippen LogP contribution in [0.15, 0.2) is 191 Å². The molecule has 0 radical (unpaired) electrons. The molecule has 0 aliphatic heterocycles. The van der Waals surface area contributed by atoms with E-state index in [2.05, 4.69) is 158 Å². The number of nitrogens with zero attached hydrogens (tertiary/aromatic N) is 3.